The third-order valence-corrected chi connectivity index (χ3v) is 9.38. The van der Waals surface area contributed by atoms with Gasteiger partial charge in [0.2, 0.25) is 0 Å². The summed E-state index contributed by atoms with van der Waals surface area (Å²) in [6.45, 7) is 0. The number of hydrogen-bond acceptors (Lipinski definition) is 18. The van der Waals surface area contributed by atoms with Gasteiger partial charge in [0.25, 0.3) is 40.5 Å². The minimum absolute atomic E-state index is 0. The number of aromatic hydroxyl groups is 4. The van der Waals surface area contributed by atoms with E-state index < -0.39 is 129 Å². The molecular formula is C30H32NaO26S4. The van der Waals surface area contributed by atoms with Crippen molar-refractivity contribution in [2.45, 2.75) is 19.6 Å². The number of phenols is 4. The van der Waals surface area contributed by atoms with Crippen molar-refractivity contribution in [2.75, 3.05) is 14.2 Å². The van der Waals surface area contributed by atoms with Crippen LogP contribution in [0.2, 0.25) is 0 Å². The molecule has 61 heavy (non-hydrogen) atoms. The Kier molecular flexibility index (Phi) is 24.8. The van der Waals surface area contributed by atoms with E-state index in [1.165, 1.54) is 0 Å². The van der Waals surface area contributed by atoms with E-state index in [2.05, 4.69) is 0 Å². The number of aliphatic hydroxyl groups is 2. The number of aliphatic hydroxyl groups excluding tert-OH is 2. The molecule has 31 heteroatoms. The van der Waals surface area contributed by atoms with Crippen LogP contribution in [0, 0.1) is 0 Å². The SMILES string of the molecule is CO.CO.O=C(O)c1cc(S(=O)(=O)O)ccc1O.O=C(O)c1cc(S(=O)(=O)O)ccc1O.O=C(O)c1cc(S(=O)(=O)O)ccc1O.O=C(O)c1cc(S(=O)(=O)O)ccc1O.[Na]. The van der Waals surface area contributed by atoms with Crippen LogP contribution in [0.3, 0.4) is 0 Å². The van der Waals surface area contributed by atoms with Gasteiger partial charge >= 0.3 is 23.9 Å². The van der Waals surface area contributed by atoms with E-state index in [4.69, 9.17) is 69.3 Å². The predicted octanol–water partition coefficient (Wildman–Crippen LogP) is 0.185. The van der Waals surface area contributed by atoms with Gasteiger partial charge in [-0.3, -0.25) is 18.2 Å². The maximum absolute atomic E-state index is 10.6. The van der Waals surface area contributed by atoms with E-state index in [0.29, 0.717) is 24.3 Å². The molecule has 0 aliphatic rings. The van der Waals surface area contributed by atoms with Crippen molar-refractivity contribution in [3.05, 3.63) is 95.1 Å². The first-order chi connectivity index (χ1) is 27.3. The third-order valence-electron chi connectivity index (χ3n) is 5.99. The molecule has 0 unspecified atom stereocenters. The van der Waals surface area contributed by atoms with E-state index in [1.807, 2.05) is 0 Å². The van der Waals surface area contributed by atoms with Crippen LogP contribution in [-0.2, 0) is 40.5 Å². The Bertz CT molecular complexity index is 2280. The first-order valence-electron chi connectivity index (χ1n) is 14.3. The molecule has 0 spiro atoms. The molecule has 0 amide bonds. The molecule has 26 nitrogen and oxygen atoms in total. The number of carbonyl (C=O) groups is 4. The molecule has 4 aromatic rings. The molecule has 333 valence electrons. The Morgan fingerprint density at radius 2 is 0.475 bits per heavy atom. The molecule has 0 heterocycles. The monoisotopic (exact) mass is 959 g/mol. The van der Waals surface area contributed by atoms with Gasteiger partial charge in [-0.2, -0.15) is 33.7 Å². The van der Waals surface area contributed by atoms with Crippen LogP contribution in [-0.4, -0.2) is 171 Å². The van der Waals surface area contributed by atoms with E-state index in [0.717, 1.165) is 62.8 Å². The number of hydrogen-bond donors (Lipinski definition) is 14. The summed E-state index contributed by atoms with van der Waals surface area (Å²) in [6.07, 6.45) is 0. The Labute approximate surface area is 365 Å². The van der Waals surface area contributed by atoms with Gasteiger partial charge in [0.15, 0.2) is 0 Å². The maximum Gasteiger partial charge on any atom is 0.339 e. The summed E-state index contributed by atoms with van der Waals surface area (Å²) >= 11 is 0. The maximum atomic E-state index is 10.6. The molecule has 1 radical (unpaired) electrons. The van der Waals surface area contributed by atoms with E-state index in [9.17, 15) is 52.8 Å². The van der Waals surface area contributed by atoms with Gasteiger partial charge in [0.05, 0.1) is 19.6 Å². The molecular weight excluding hydrogens is 928 g/mol. The smallest absolute Gasteiger partial charge is 0.339 e. The van der Waals surface area contributed by atoms with Gasteiger partial charge in [-0.25, -0.2) is 19.2 Å². The van der Waals surface area contributed by atoms with Gasteiger partial charge in [-0.15, -0.1) is 0 Å². The fraction of sp³-hybridized carbons (Fsp3) is 0.0667. The summed E-state index contributed by atoms with van der Waals surface area (Å²) in [6, 6.07) is 9.82. The van der Waals surface area contributed by atoms with Crippen LogP contribution >= 0.6 is 0 Å². The zero-order chi connectivity index (χ0) is 47.7. The molecule has 0 atom stereocenters. The molecule has 0 aliphatic carbocycles. The van der Waals surface area contributed by atoms with E-state index >= 15 is 0 Å². The minimum Gasteiger partial charge on any atom is -0.507 e. The largest absolute Gasteiger partial charge is 0.507 e. The van der Waals surface area contributed by atoms with Gasteiger partial charge in [0.1, 0.15) is 45.3 Å². The molecule has 0 fully saturated rings. The Morgan fingerprint density at radius 3 is 0.574 bits per heavy atom. The van der Waals surface area contributed by atoms with Crippen LogP contribution in [0.15, 0.2) is 92.4 Å². The molecule has 0 aliphatic heterocycles. The second kappa shape index (κ2) is 25.3. The quantitative estimate of drug-likeness (QED) is 0.0827. The Hall–Kier alpha value is -5.48. The van der Waals surface area contributed by atoms with Crippen LogP contribution in [0.25, 0.3) is 0 Å². The van der Waals surface area contributed by atoms with Crippen LogP contribution < -0.4 is 0 Å². The number of benzene rings is 4. The van der Waals surface area contributed by atoms with Crippen molar-refractivity contribution in [1.82, 2.24) is 0 Å². The Balaban J connectivity index is -0.000000711. The van der Waals surface area contributed by atoms with Crippen molar-refractivity contribution < 1.29 is 122 Å². The molecule has 0 saturated carbocycles. The standard InChI is InChI=1S/4C7H6O6S.2CH4O.Na/c4*8-6-2-1-4(14(11,12)13)3-5(6)7(9)10;2*1-2;/h4*1-3,8H,(H,9,10)(H,11,12,13);2*2H,1H3;. The predicted molar refractivity (Wildman–Crippen MR) is 202 cm³/mol. The van der Waals surface area contributed by atoms with E-state index in [1.54, 1.807) is 0 Å². The average molecular weight is 960 g/mol. The first-order valence-corrected chi connectivity index (χ1v) is 20.1. The second-order valence-corrected chi connectivity index (χ2v) is 15.5. The molecule has 14 N–H and O–H groups in total. The third kappa shape index (κ3) is 20.1. The van der Waals surface area contributed by atoms with Crippen molar-refractivity contribution in [1.29, 1.82) is 0 Å². The number of carboxylic acids is 4. The van der Waals surface area contributed by atoms with Crippen molar-refractivity contribution in [3.63, 3.8) is 0 Å². The number of carboxylic acid groups (broad SMARTS) is 4. The summed E-state index contributed by atoms with van der Waals surface area (Å²) in [7, 11) is -15.8. The minimum atomic E-state index is -4.45. The molecule has 0 bridgehead atoms. The van der Waals surface area contributed by atoms with Gasteiger partial charge in [-0.05, 0) is 72.8 Å². The first kappa shape index (κ1) is 59.8. The van der Waals surface area contributed by atoms with Gasteiger partial charge < -0.3 is 51.1 Å². The van der Waals surface area contributed by atoms with Crippen molar-refractivity contribution in [2.24, 2.45) is 0 Å². The summed E-state index contributed by atoms with van der Waals surface area (Å²) < 4.78 is 119. The molecule has 4 aromatic carbocycles. The Morgan fingerprint density at radius 1 is 0.344 bits per heavy atom. The number of rotatable bonds is 8. The second-order valence-electron chi connectivity index (χ2n) is 9.84. The van der Waals surface area contributed by atoms with Gasteiger partial charge in [-0.1, -0.05) is 0 Å². The zero-order valence-corrected chi connectivity index (χ0v) is 36.0. The van der Waals surface area contributed by atoms with Crippen molar-refractivity contribution in [3.8, 4) is 23.0 Å². The summed E-state index contributed by atoms with van der Waals surface area (Å²) in [4.78, 5) is 39.6. The molecule has 0 saturated heterocycles. The van der Waals surface area contributed by atoms with Crippen molar-refractivity contribution >= 4 is 93.9 Å². The summed E-state index contributed by atoms with van der Waals surface area (Å²) in [5.74, 6) is -8.17. The fourth-order valence-electron chi connectivity index (χ4n) is 3.39. The summed E-state index contributed by atoms with van der Waals surface area (Å²) in [5.41, 5.74) is -2.33. The molecule has 0 aromatic heterocycles. The normalized spacial score (nSPS) is 10.5. The molecule has 4 rings (SSSR count). The van der Waals surface area contributed by atoms with Crippen LogP contribution in [0.4, 0.5) is 0 Å². The zero-order valence-electron chi connectivity index (χ0n) is 30.7. The average Bonchev–Trinajstić information content (AvgIpc) is 3.12. The van der Waals surface area contributed by atoms with Crippen LogP contribution in [0.5, 0.6) is 23.0 Å². The fourth-order valence-corrected chi connectivity index (χ4v) is 5.41. The number of aromatic carboxylic acids is 4. The van der Waals surface area contributed by atoms with E-state index in [-0.39, 0.29) is 29.6 Å². The van der Waals surface area contributed by atoms with Crippen LogP contribution in [0.1, 0.15) is 41.4 Å². The topological polar surface area (TPSA) is 488 Å². The van der Waals surface area contributed by atoms with Gasteiger partial charge in [0, 0.05) is 43.8 Å². The summed E-state index contributed by atoms with van der Waals surface area (Å²) in [5, 5.41) is 84.1.